The predicted octanol–water partition coefficient (Wildman–Crippen LogP) is 3.70. The molecule has 0 atom stereocenters. The van der Waals surface area contributed by atoms with E-state index in [1.165, 1.54) is 0 Å². The minimum atomic E-state index is -0.909. The highest BCUT2D eigenvalue weighted by molar-refractivity contribution is 5.84. The normalized spacial score (nSPS) is 11.8. The van der Waals surface area contributed by atoms with Crippen LogP contribution in [0.1, 0.15) is 52.1 Å². The van der Waals surface area contributed by atoms with Gasteiger partial charge in [-0.2, -0.15) is 9.97 Å². The average molecular weight is 429 g/mol. The van der Waals surface area contributed by atoms with Crippen LogP contribution in [0.15, 0.2) is 24.5 Å². The molecule has 0 radical (unpaired) electrons. The summed E-state index contributed by atoms with van der Waals surface area (Å²) < 4.78 is 7.33. The van der Waals surface area contributed by atoms with Crippen molar-refractivity contribution in [1.82, 2.24) is 19.5 Å². The smallest absolute Gasteiger partial charge is 0.226 e. The molecule has 3 rings (SSSR count). The lowest BCUT2D eigenvalue weighted by molar-refractivity contribution is 0.0943. The van der Waals surface area contributed by atoms with Gasteiger partial charge in [-0.05, 0) is 44.9 Å². The number of benzene rings is 1. The van der Waals surface area contributed by atoms with E-state index >= 15 is 0 Å². The minimum absolute atomic E-state index is 0.168. The molecule has 0 saturated heterocycles. The number of imidazole rings is 1. The molecule has 0 aliphatic carbocycles. The number of nitrogens with zero attached hydrogens (tertiary/aromatic N) is 4. The molecular weight excluding hydrogens is 396 g/mol. The lowest BCUT2D eigenvalue weighted by atomic mass is 10.1. The first kappa shape index (κ1) is 22.6. The maximum absolute atomic E-state index is 10.2. The Kier molecular flexibility index (Phi) is 6.84. The van der Waals surface area contributed by atoms with Gasteiger partial charge in [0.05, 0.1) is 19.0 Å². The maximum Gasteiger partial charge on any atom is 0.226 e. The number of rotatable bonds is 10. The number of hydrogen-bond acceptors (Lipinski definition) is 8. The number of phenols is 1. The third kappa shape index (κ3) is 5.35. The number of anilines is 2. The Hall–Kier alpha value is -3.07. The van der Waals surface area contributed by atoms with Crippen molar-refractivity contribution in [3.05, 3.63) is 30.1 Å². The zero-order valence-corrected chi connectivity index (χ0v) is 18.8. The lowest BCUT2D eigenvalue weighted by Gasteiger charge is -2.19. The molecule has 0 saturated carbocycles. The van der Waals surface area contributed by atoms with Gasteiger partial charge in [0.2, 0.25) is 5.95 Å². The van der Waals surface area contributed by atoms with E-state index in [0.717, 1.165) is 18.5 Å². The van der Waals surface area contributed by atoms with Gasteiger partial charge in [0.1, 0.15) is 11.5 Å². The Labute approximate surface area is 182 Å². The first-order valence-corrected chi connectivity index (χ1v) is 10.6. The van der Waals surface area contributed by atoms with E-state index in [1.807, 2.05) is 0 Å². The van der Waals surface area contributed by atoms with Crippen molar-refractivity contribution in [2.45, 2.75) is 58.7 Å². The summed E-state index contributed by atoms with van der Waals surface area (Å²) in [4.78, 5) is 13.8. The van der Waals surface area contributed by atoms with E-state index < -0.39 is 5.60 Å². The topological polar surface area (TPSA) is 117 Å². The Morgan fingerprint density at radius 3 is 2.55 bits per heavy atom. The first-order valence-electron chi connectivity index (χ1n) is 10.6. The predicted molar refractivity (Wildman–Crippen MR) is 122 cm³/mol. The van der Waals surface area contributed by atoms with Crippen molar-refractivity contribution in [3.8, 4) is 11.5 Å². The van der Waals surface area contributed by atoms with Crippen molar-refractivity contribution < 1.29 is 14.9 Å². The van der Waals surface area contributed by atoms with Crippen LogP contribution in [0.2, 0.25) is 0 Å². The fourth-order valence-electron chi connectivity index (χ4n) is 3.37. The number of aromatic nitrogens is 4. The maximum atomic E-state index is 10.2. The van der Waals surface area contributed by atoms with Crippen molar-refractivity contribution in [1.29, 1.82) is 0 Å². The van der Waals surface area contributed by atoms with Crippen molar-refractivity contribution in [2.75, 3.05) is 24.3 Å². The molecule has 0 aliphatic heterocycles. The first-order chi connectivity index (χ1) is 14.8. The molecule has 0 spiro atoms. The van der Waals surface area contributed by atoms with Crippen LogP contribution in [0.4, 0.5) is 11.8 Å². The fourth-order valence-corrected chi connectivity index (χ4v) is 3.37. The SMILES string of the molecule is CCC(CC)n1cnc2c(NCc3cc(OC)ccc3O)nc(NCC(C)(C)O)nc21. The van der Waals surface area contributed by atoms with E-state index in [-0.39, 0.29) is 11.8 Å². The zero-order chi connectivity index (χ0) is 22.6. The van der Waals surface area contributed by atoms with Gasteiger partial charge in [0.25, 0.3) is 0 Å². The average Bonchev–Trinajstić information content (AvgIpc) is 3.16. The molecule has 3 aromatic rings. The van der Waals surface area contributed by atoms with Gasteiger partial charge in [0.15, 0.2) is 17.0 Å². The summed E-state index contributed by atoms with van der Waals surface area (Å²) in [5, 5.41) is 26.7. The Balaban J connectivity index is 1.98. The summed E-state index contributed by atoms with van der Waals surface area (Å²) in [6.07, 6.45) is 3.71. The number of aliphatic hydroxyl groups is 1. The van der Waals surface area contributed by atoms with E-state index in [4.69, 9.17) is 4.74 Å². The van der Waals surface area contributed by atoms with Crippen LogP contribution in [0.5, 0.6) is 11.5 Å². The van der Waals surface area contributed by atoms with Gasteiger partial charge in [-0.3, -0.25) is 0 Å². The fraction of sp³-hybridized carbons (Fsp3) is 0.500. The van der Waals surface area contributed by atoms with Gasteiger partial charge in [-0.1, -0.05) is 13.8 Å². The minimum Gasteiger partial charge on any atom is -0.508 e. The van der Waals surface area contributed by atoms with Crippen LogP contribution < -0.4 is 15.4 Å². The molecule has 2 aromatic heterocycles. The van der Waals surface area contributed by atoms with Crippen LogP contribution in [0.25, 0.3) is 11.2 Å². The molecule has 9 heteroatoms. The van der Waals surface area contributed by atoms with Crippen molar-refractivity contribution in [3.63, 3.8) is 0 Å². The highest BCUT2D eigenvalue weighted by Crippen LogP contribution is 2.28. The van der Waals surface area contributed by atoms with Crippen LogP contribution in [0.3, 0.4) is 0 Å². The second kappa shape index (κ2) is 9.38. The van der Waals surface area contributed by atoms with Crippen LogP contribution in [-0.4, -0.2) is 49.0 Å². The van der Waals surface area contributed by atoms with E-state index in [0.29, 0.717) is 41.7 Å². The molecule has 0 bridgehead atoms. The number of aromatic hydroxyl groups is 1. The molecular formula is C22H32N6O3. The summed E-state index contributed by atoms with van der Waals surface area (Å²) in [5.41, 5.74) is 1.15. The molecule has 0 unspecified atom stereocenters. The Morgan fingerprint density at radius 2 is 1.90 bits per heavy atom. The summed E-state index contributed by atoms with van der Waals surface area (Å²) in [5.74, 6) is 1.78. The molecule has 0 aliphatic rings. The highest BCUT2D eigenvalue weighted by Gasteiger charge is 2.19. The molecule has 1 aromatic carbocycles. The number of hydrogen-bond donors (Lipinski definition) is 4. The standard InChI is InChI=1S/C22H32N6O3/c1-6-15(7-2)28-13-25-18-19(23-11-14-10-16(31-5)8-9-17(14)29)26-21(27-20(18)28)24-12-22(3,4)30/h8-10,13,15,29-30H,6-7,11-12H2,1-5H3,(H2,23,24,26,27). The van der Waals surface area contributed by atoms with E-state index in [1.54, 1.807) is 45.5 Å². The molecule has 0 fully saturated rings. The monoisotopic (exact) mass is 428 g/mol. The number of ether oxygens (including phenoxy) is 1. The summed E-state index contributed by atoms with van der Waals surface area (Å²) >= 11 is 0. The highest BCUT2D eigenvalue weighted by atomic mass is 16.5. The lowest BCUT2D eigenvalue weighted by Crippen LogP contribution is -2.30. The van der Waals surface area contributed by atoms with E-state index in [2.05, 4.69) is 44.0 Å². The third-order valence-corrected chi connectivity index (χ3v) is 5.17. The van der Waals surface area contributed by atoms with Crippen molar-refractivity contribution in [2.24, 2.45) is 0 Å². The molecule has 9 nitrogen and oxygen atoms in total. The molecule has 2 heterocycles. The summed E-state index contributed by atoms with van der Waals surface area (Å²) in [7, 11) is 1.59. The van der Waals surface area contributed by atoms with Crippen LogP contribution in [-0.2, 0) is 6.54 Å². The second-order valence-corrected chi connectivity index (χ2v) is 8.20. The van der Waals surface area contributed by atoms with Crippen LogP contribution >= 0.6 is 0 Å². The second-order valence-electron chi connectivity index (χ2n) is 8.20. The molecule has 0 amide bonds. The Morgan fingerprint density at radius 1 is 1.16 bits per heavy atom. The van der Waals surface area contributed by atoms with Gasteiger partial charge in [-0.25, -0.2) is 4.98 Å². The molecule has 31 heavy (non-hydrogen) atoms. The van der Waals surface area contributed by atoms with Crippen molar-refractivity contribution >= 4 is 22.9 Å². The van der Waals surface area contributed by atoms with E-state index in [9.17, 15) is 10.2 Å². The zero-order valence-electron chi connectivity index (χ0n) is 18.8. The largest absolute Gasteiger partial charge is 0.508 e. The number of phenolic OH excluding ortho intramolecular Hbond substituents is 1. The Bertz CT molecular complexity index is 1020. The summed E-state index contributed by atoms with van der Waals surface area (Å²) in [6.45, 7) is 8.35. The van der Waals surface area contributed by atoms with Gasteiger partial charge in [-0.15, -0.1) is 0 Å². The number of methoxy groups -OCH3 is 1. The number of nitrogens with one attached hydrogen (secondary N) is 2. The molecule has 168 valence electrons. The van der Waals surface area contributed by atoms with Crippen LogP contribution in [0, 0.1) is 0 Å². The third-order valence-electron chi connectivity index (χ3n) is 5.17. The van der Waals surface area contributed by atoms with Gasteiger partial charge < -0.3 is 30.2 Å². The quantitative estimate of drug-likeness (QED) is 0.386. The van der Waals surface area contributed by atoms with Gasteiger partial charge >= 0.3 is 0 Å². The summed E-state index contributed by atoms with van der Waals surface area (Å²) in [6, 6.07) is 5.36. The molecule has 4 N–H and O–H groups in total. The van der Waals surface area contributed by atoms with Gasteiger partial charge in [0, 0.05) is 24.7 Å². The number of fused-ring (bicyclic) bond motifs is 1.